The highest BCUT2D eigenvalue weighted by Crippen LogP contribution is 2.69. The van der Waals surface area contributed by atoms with Gasteiger partial charge in [-0.1, -0.05) is 48.0 Å². The topological polar surface area (TPSA) is 56.2 Å². The number of hydrogen-bond acceptors (Lipinski definition) is 4. The maximum atomic E-state index is 13.5. The number of amidine groups is 1. The number of fused-ring (bicyclic) bond motifs is 2. The molecule has 0 aromatic heterocycles. The molecule has 0 bridgehead atoms. The second-order valence-corrected chi connectivity index (χ2v) is 12.7. The lowest BCUT2D eigenvalue weighted by Crippen LogP contribution is -2.39. The monoisotopic (exact) mass is 506 g/mol. The average molecular weight is 507 g/mol. The Hall–Kier alpha value is -3.41. The molecule has 4 aliphatic carbocycles. The van der Waals surface area contributed by atoms with Crippen molar-refractivity contribution in [1.29, 1.82) is 0 Å². The molecule has 2 amide bonds. The van der Waals surface area contributed by atoms with Crippen LogP contribution in [-0.4, -0.2) is 66.7 Å². The second-order valence-electron chi connectivity index (χ2n) is 12.7. The number of carbonyl (C=O) groups is 2. The second kappa shape index (κ2) is 7.58. The summed E-state index contributed by atoms with van der Waals surface area (Å²) in [6.07, 6.45) is 7.38. The molecular weight excluding hydrogens is 472 g/mol. The highest BCUT2D eigenvalue weighted by Gasteiger charge is 2.67. The fourth-order valence-corrected chi connectivity index (χ4v) is 7.27. The molecule has 2 spiro atoms. The number of amides is 2. The third kappa shape index (κ3) is 3.28. The number of aliphatic imine (C=N–C) groups is 1. The first kappa shape index (κ1) is 22.6. The zero-order valence-electron chi connectivity index (χ0n) is 22.2. The zero-order valence-corrected chi connectivity index (χ0v) is 22.2. The van der Waals surface area contributed by atoms with Crippen LogP contribution in [-0.2, 0) is 9.59 Å². The van der Waals surface area contributed by atoms with Crippen LogP contribution in [0, 0.1) is 23.2 Å². The number of rotatable bonds is 6. The molecule has 2 aliphatic heterocycles. The maximum absolute atomic E-state index is 13.5. The van der Waals surface area contributed by atoms with E-state index >= 15 is 0 Å². The molecule has 2 heterocycles. The molecule has 0 radical (unpaired) electrons. The fourth-order valence-electron chi connectivity index (χ4n) is 7.27. The van der Waals surface area contributed by atoms with Crippen molar-refractivity contribution in [1.82, 2.24) is 9.80 Å². The van der Waals surface area contributed by atoms with E-state index in [1.807, 2.05) is 4.90 Å². The summed E-state index contributed by atoms with van der Waals surface area (Å²) < 4.78 is 0. The minimum Gasteiger partial charge on any atom is -0.378 e. The first-order valence-corrected chi connectivity index (χ1v) is 14.2. The summed E-state index contributed by atoms with van der Waals surface area (Å²) in [7, 11) is 4.11. The molecule has 0 N–H and O–H groups in total. The molecular formula is C32H34N4O2. The van der Waals surface area contributed by atoms with Gasteiger partial charge in [0.1, 0.15) is 11.4 Å². The van der Waals surface area contributed by atoms with Gasteiger partial charge in [0.25, 0.3) is 5.91 Å². The number of likely N-dealkylation sites (tertiary alicyclic amines) is 1. The summed E-state index contributed by atoms with van der Waals surface area (Å²) in [5, 5.41) is 0. The van der Waals surface area contributed by atoms with E-state index < -0.39 is 5.54 Å². The van der Waals surface area contributed by atoms with E-state index in [1.165, 1.54) is 16.8 Å². The molecule has 4 fully saturated rings. The van der Waals surface area contributed by atoms with Crippen molar-refractivity contribution in [3.63, 3.8) is 0 Å². The van der Waals surface area contributed by atoms with Crippen molar-refractivity contribution < 1.29 is 9.59 Å². The van der Waals surface area contributed by atoms with Gasteiger partial charge in [-0.15, -0.1) is 0 Å². The lowest BCUT2D eigenvalue weighted by molar-refractivity contribution is -0.131. The minimum absolute atomic E-state index is 0.157. The van der Waals surface area contributed by atoms with E-state index in [9.17, 15) is 9.59 Å². The number of nitrogens with zero attached hydrogens (tertiary/aromatic N) is 4. The maximum Gasteiger partial charge on any atom is 0.256 e. The van der Waals surface area contributed by atoms with Crippen LogP contribution >= 0.6 is 0 Å². The highest BCUT2D eigenvalue weighted by molar-refractivity contribution is 6.16. The van der Waals surface area contributed by atoms with Crippen LogP contribution in [0.3, 0.4) is 0 Å². The third-order valence-corrected chi connectivity index (χ3v) is 9.89. The summed E-state index contributed by atoms with van der Waals surface area (Å²) >= 11 is 0. The Morgan fingerprint density at radius 3 is 2.50 bits per heavy atom. The van der Waals surface area contributed by atoms with Gasteiger partial charge in [-0.3, -0.25) is 19.5 Å². The van der Waals surface area contributed by atoms with Crippen molar-refractivity contribution >= 4 is 23.3 Å². The first-order valence-electron chi connectivity index (χ1n) is 14.2. The van der Waals surface area contributed by atoms with E-state index in [1.54, 1.807) is 0 Å². The van der Waals surface area contributed by atoms with Crippen molar-refractivity contribution in [3.8, 4) is 11.1 Å². The standard InChI is InChI=1S/C32H34N4O2/c1-34(2)24-5-3-4-23(16-24)20-6-8-21(9-7-20)28-33-32(12-13-32)30(38)36(28)18-26-25-17-31(27(25)26)14-15-35(19-31)29(37)22-10-11-22/h3-9,16-17,22,26-27H,10-15,18-19H2,1-2H3. The number of anilines is 1. The van der Waals surface area contributed by atoms with Crippen LogP contribution < -0.4 is 4.90 Å². The number of carbonyl (C=O) groups excluding carboxylic acids is 2. The molecule has 3 atom stereocenters. The van der Waals surface area contributed by atoms with E-state index in [0.29, 0.717) is 23.7 Å². The van der Waals surface area contributed by atoms with Crippen LogP contribution in [0.2, 0.25) is 0 Å². The Morgan fingerprint density at radius 2 is 1.79 bits per heavy atom. The van der Waals surface area contributed by atoms with Gasteiger partial charge >= 0.3 is 0 Å². The van der Waals surface area contributed by atoms with Gasteiger partial charge in [0.15, 0.2) is 0 Å². The van der Waals surface area contributed by atoms with Gasteiger partial charge in [0.2, 0.25) is 5.91 Å². The average Bonchev–Trinajstić information content (AvgIpc) is 3.87. The Kier molecular flexibility index (Phi) is 4.50. The Balaban J connectivity index is 1.00. The smallest absolute Gasteiger partial charge is 0.256 e. The Bertz CT molecular complexity index is 1430. The third-order valence-electron chi connectivity index (χ3n) is 9.89. The normalized spacial score (nSPS) is 29.8. The largest absolute Gasteiger partial charge is 0.378 e. The summed E-state index contributed by atoms with van der Waals surface area (Å²) in [5.41, 5.74) is 5.69. The lowest BCUT2D eigenvalue weighted by Gasteiger charge is -2.31. The van der Waals surface area contributed by atoms with Crippen molar-refractivity contribution in [3.05, 3.63) is 65.7 Å². The van der Waals surface area contributed by atoms with Gasteiger partial charge < -0.3 is 9.80 Å². The molecule has 2 aromatic rings. The zero-order chi connectivity index (χ0) is 25.8. The minimum atomic E-state index is -0.505. The predicted molar refractivity (Wildman–Crippen MR) is 148 cm³/mol. The molecule has 6 heteroatoms. The van der Waals surface area contributed by atoms with Crippen molar-refractivity contribution in [2.75, 3.05) is 38.6 Å². The number of hydrogen-bond donors (Lipinski definition) is 0. The Labute approximate surface area is 224 Å². The summed E-state index contributed by atoms with van der Waals surface area (Å²) in [4.78, 5) is 37.4. The van der Waals surface area contributed by atoms with E-state index in [0.717, 1.165) is 68.7 Å². The van der Waals surface area contributed by atoms with Crippen LogP contribution in [0.1, 0.15) is 37.7 Å². The first-order chi connectivity index (χ1) is 18.4. The Morgan fingerprint density at radius 1 is 1.03 bits per heavy atom. The van der Waals surface area contributed by atoms with Crippen molar-refractivity contribution in [2.45, 2.75) is 37.6 Å². The van der Waals surface area contributed by atoms with Gasteiger partial charge in [0.05, 0.1) is 0 Å². The van der Waals surface area contributed by atoms with Crippen molar-refractivity contribution in [2.24, 2.45) is 28.2 Å². The predicted octanol–water partition coefficient (Wildman–Crippen LogP) is 4.36. The molecule has 6 aliphatic rings. The van der Waals surface area contributed by atoms with E-state index in [2.05, 4.69) is 78.5 Å². The molecule has 194 valence electrons. The van der Waals surface area contributed by atoms with E-state index in [4.69, 9.17) is 4.99 Å². The molecule has 38 heavy (non-hydrogen) atoms. The van der Waals surface area contributed by atoms with Gasteiger partial charge in [-0.2, -0.15) is 0 Å². The van der Waals surface area contributed by atoms with Gasteiger partial charge in [0, 0.05) is 62.2 Å². The van der Waals surface area contributed by atoms with Crippen LogP contribution in [0.5, 0.6) is 0 Å². The van der Waals surface area contributed by atoms with E-state index in [-0.39, 0.29) is 11.3 Å². The fraction of sp³-hybridized carbons (Fsp3) is 0.469. The molecule has 3 saturated carbocycles. The van der Waals surface area contributed by atoms with Crippen LogP contribution in [0.4, 0.5) is 5.69 Å². The number of benzene rings is 2. The molecule has 2 aromatic carbocycles. The molecule has 1 saturated heterocycles. The van der Waals surface area contributed by atoms with Crippen LogP contribution in [0.15, 0.2) is 65.2 Å². The van der Waals surface area contributed by atoms with Gasteiger partial charge in [-0.25, -0.2) is 0 Å². The summed E-state index contributed by atoms with van der Waals surface area (Å²) in [5.74, 6) is 2.66. The molecule has 6 nitrogen and oxygen atoms in total. The summed E-state index contributed by atoms with van der Waals surface area (Å²) in [6.45, 7) is 2.49. The van der Waals surface area contributed by atoms with Gasteiger partial charge in [-0.05, 0) is 61.3 Å². The molecule has 8 rings (SSSR count). The lowest BCUT2D eigenvalue weighted by atomic mass is 9.75. The summed E-state index contributed by atoms with van der Waals surface area (Å²) in [6, 6.07) is 17.1. The quantitative estimate of drug-likeness (QED) is 0.548. The SMILES string of the molecule is CN(C)c1cccc(-c2ccc(C3=NC4(CC4)C(=O)N3CC3C4=CC5(CCN(C(=O)C6CC6)C5)C43)cc2)c1. The molecule has 3 unspecified atom stereocenters. The van der Waals surface area contributed by atoms with Crippen LogP contribution in [0.25, 0.3) is 11.1 Å². The highest BCUT2D eigenvalue weighted by atomic mass is 16.2.